The van der Waals surface area contributed by atoms with E-state index in [1.807, 2.05) is 48.5 Å². The van der Waals surface area contributed by atoms with E-state index >= 15 is 0 Å². The van der Waals surface area contributed by atoms with Gasteiger partial charge in [0.1, 0.15) is 6.54 Å². The van der Waals surface area contributed by atoms with Crippen molar-refractivity contribution in [3.05, 3.63) is 98.5 Å². The molecule has 1 amide bonds. The summed E-state index contributed by atoms with van der Waals surface area (Å²) in [6.45, 7) is 0.675. The fourth-order valence-corrected chi connectivity index (χ4v) is 5.00. The number of benzene rings is 2. The third-order valence-corrected chi connectivity index (χ3v) is 6.96. The van der Waals surface area contributed by atoms with E-state index in [0.717, 1.165) is 28.5 Å². The summed E-state index contributed by atoms with van der Waals surface area (Å²) in [7, 11) is 3.32. The summed E-state index contributed by atoms with van der Waals surface area (Å²) in [6, 6.07) is 17.5. The number of amides is 1. The Kier molecular flexibility index (Phi) is 6.56. The van der Waals surface area contributed by atoms with Crippen molar-refractivity contribution in [1.82, 2.24) is 23.6 Å². The van der Waals surface area contributed by atoms with E-state index in [4.69, 9.17) is 4.74 Å². The van der Waals surface area contributed by atoms with Gasteiger partial charge in [-0.15, -0.1) is 0 Å². The van der Waals surface area contributed by atoms with Gasteiger partial charge in [-0.1, -0.05) is 54.6 Å². The molecule has 0 radical (unpaired) electrons. The Hall–Kier alpha value is -3.98. The number of likely N-dealkylation sites (N-methyl/N-ethyl adjacent to an activating group) is 1. The number of fused-ring (bicyclic) bond motifs is 2. The molecule has 9 heteroatoms. The largest absolute Gasteiger partial charge is 0.383 e. The number of rotatable bonds is 8. The van der Waals surface area contributed by atoms with Crippen LogP contribution in [-0.2, 0) is 35.6 Å². The highest BCUT2D eigenvalue weighted by Gasteiger charge is 2.29. The van der Waals surface area contributed by atoms with Crippen molar-refractivity contribution in [2.45, 2.75) is 38.5 Å². The lowest BCUT2D eigenvalue weighted by atomic mass is 10.1. The molecule has 0 saturated carbocycles. The van der Waals surface area contributed by atoms with Gasteiger partial charge in [0, 0.05) is 20.7 Å². The Balaban J connectivity index is 1.55. The minimum absolute atomic E-state index is 0.0769. The van der Waals surface area contributed by atoms with Gasteiger partial charge in [0.05, 0.1) is 25.5 Å². The Morgan fingerprint density at radius 1 is 1.08 bits per heavy atom. The Bertz CT molecular complexity index is 1520. The Morgan fingerprint density at radius 3 is 2.61 bits per heavy atom. The molecule has 9 nitrogen and oxygen atoms in total. The molecular formula is C27H29N5O4. The van der Waals surface area contributed by atoms with Crippen LogP contribution in [-0.4, -0.2) is 50.3 Å². The van der Waals surface area contributed by atoms with Crippen molar-refractivity contribution in [3.8, 4) is 0 Å². The minimum Gasteiger partial charge on any atom is -0.383 e. The third-order valence-electron chi connectivity index (χ3n) is 6.96. The number of hydrogen-bond donors (Lipinski definition) is 0. The molecule has 0 unspecified atom stereocenters. The first-order valence-corrected chi connectivity index (χ1v) is 12.0. The van der Waals surface area contributed by atoms with Crippen molar-refractivity contribution < 1.29 is 9.53 Å². The van der Waals surface area contributed by atoms with Crippen LogP contribution in [0.1, 0.15) is 29.2 Å². The molecule has 0 N–H and O–H groups in total. The molecule has 186 valence electrons. The van der Waals surface area contributed by atoms with Crippen LogP contribution in [0.3, 0.4) is 0 Å². The van der Waals surface area contributed by atoms with E-state index < -0.39 is 11.2 Å². The molecule has 1 aliphatic carbocycles. The van der Waals surface area contributed by atoms with Gasteiger partial charge in [-0.25, -0.2) is 14.3 Å². The van der Waals surface area contributed by atoms with Gasteiger partial charge >= 0.3 is 5.69 Å². The number of hydrogen-bond acceptors (Lipinski definition) is 5. The average Bonchev–Trinajstić information content (AvgIpc) is 3.52. The summed E-state index contributed by atoms with van der Waals surface area (Å²) in [5.41, 5.74) is 2.74. The SMILES string of the molecule is COCCn1cnc2c1c(=O)n(CC(=O)N(C)[C@H]1CCc3ccccc31)c(=O)n2Cc1ccccc1. The minimum atomic E-state index is -0.554. The van der Waals surface area contributed by atoms with E-state index in [1.54, 1.807) is 30.0 Å². The Labute approximate surface area is 208 Å². The number of ether oxygens (including phenoxy) is 1. The molecule has 2 aromatic heterocycles. The van der Waals surface area contributed by atoms with Gasteiger partial charge in [0.25, 0.3) is 5.56 Å². The van der Waals surface area contributed by atoms with Gasteiger partial charge in [-0.3, -0.25) is 14.2 Å². The summed E-state index contributed by atoms with van der Waals surface area (Å²) >= 11 is 0. The topological polar surface area (TPSA) is 91.4 Å². The fourth-order valence-electron chi connectivity index (χ4n) is 5.00. The van der Waals surface area contributed by atoms with E-state index in [0.29, 0.717) is 18.8 Å². The highest BCUT2D eigenvalue weighted by Crippen LogP contribution is 2.34. The van der Waals surface area contributed by atoms with Crippen molar-refractivity contribution in [2.24, 2.45) is 0 Å². The van der Waals surface area contributed by atoms with Crippen LogP contribution in [0.4, 0.5) is 0 Å². The van der Waals surface area contributed by atoms with Crippen molar-refractivity contribution in [2.75, 3.05) is 20.8 Å². The maximum atomic E-state index is 13.6. The van der Waals surface area contributed by atoms with E-state index in [2.05, 4.69) is 11.1 Å². The first-order chi connectivity index (χ1) is 17.5. The van der Waals surface area contributed by atoms with E-state index in [1.165, 1.54) is 10.1 Å². The molecular weight excluding hydrogens is 458 g/mol. The highest BCUT2D eigenvalue weighted by molar-refractivity contribution is 5.77. The lowest BCUT2D eigenvalue weighted by Gasteiger charge is -2.26. The smallest absolute Gasteiger partial charge is 0.333 e. The zero-order chi connectivity index (χ0) is 25.2. The number of carbonyl (C=O) groups is 1. The van der Waals surface area contributed by atoms with E-state index in [9.17, 15) is 14.4 Å². The van der Waals surface area contributed by atoms with Crippen LogP contribution in [0.25, 0.3) is 11.2 Å². The summed E-state index contributed by atoms with van der Waals surface area (Å²) in [5.74, 6) is -0.288. The molecule has 0 spiro atoms. The zero-order valence-electron chi connectivity index (χ0n) is 20.5. The monoisotopic (exact) mass is 487 g/mol. The number of carbonyl (C=O) groups excluding carboxylic acids is 1. The molecule has 0 fully saturated rings. The molecule has 1 atom stereocenters. The maximum absolute atomic E-state index is 13.6. The van der Waals surface area contributed by atoms with Gasteiger partial charge in [-0.2, -0.15) is 0 Å². The standard InChI is InChI=1S/C27H29N5O4/c1-29(22-13-12-20-10-6-7-11-21(20)22)23(33)17-32-26(34)24-25(28-18-30(24)14-15-36-2)31(27(32)35)16-19-8-4-3-5-9-19/h3-11,18,22H,12-17H2,1-2H3/t22-/m0/s1. The van der Waals surface area contributed by atoms with Crippen LogP contribution in [0.5, 0.6) is 0 Å². The lowest BCUT2D eigenvalue weighted by Crippen LogP contribution is -2.45. The number of aryl methyl sites for hydroxylation is 1. The molecule has 0 saturated heterocycles. The molecule has 1 aliphatic rings. The van der Waals surface area contributed by atoms with Crippen molar-refractivity contribution >= 4 is 17.1 Å². The second kappa shape index (κ2) is 9.94. The summed E-state index contributed by atoms with van der Waals surface area (Å²) in [6.07, 6.45) is 3.25. The zero-order valence-corrected chi connectivity index (χ0v) is 20.5. The molecule has 4 aromatic rings. The second-order valence-corrected chi connectivity index (χ2v) is 9.11. The maximum Gasteiger partial charge on any atom is 0.333 e. The second-order valence-electron chi connectivity index (χ2n) is 9.11. The summed E-state index contributed by atoms with van der Waals surface area (Å²) in [5, 5.41) is 0. The van der Waals surface area contributed by atoms with Crippen LogP contribution < -0.4 is 11.2 Å². The lowest BCUT2D eigenvalue weighted by molar-refractivity contribution is -0.132. The van der Waals surface area contributed by atoms with Crippen molar-refractivity contribution in [1.29, 1.82) is 0 Å². The molecule has 2 heterocycles. The quantitative estimate of drug-likeness (QED) is 0.380. The van der Waals surface area contributed by atoms with Gasteiger partial charge in [0.15, 0.2) is 11.2 Å². The van der Waals surface area contributed by atoms with Crippen LogP contribution in [0.2, 0.25) is 0 Å². The van der Waals surface area contributed by atoms with E-state index in [-0.39, 0.29) is 30.6 Å². The number of nitrogens with zero attached hydrogens (tertiary/aromatic N) is 5. The fraction of sp³-hybridized carbons (Fsp3) is 0.333. The molecule has 5 rings (SSSR count). The predicted octanol–water partition coefficient (Wildman–Crippen LogP) is 2.20. The summed E-state index contributed by atoms with van der Waals surface area (Å²) in [4.78, 5) is 46.6. The summed E-state index contributed by atoms with van der Waals surface area (Å²) < 4.78 is 9.36. The molecule has 0 bridgehead atoms. The average molecular weight is 488 g/mol. The normalized spacial score (nSPS) is 14.8. The highest BCUT2D eigenvalue weighted by atomic mass is 16.5. The molecule has 0 aliphatic heterocycles. The van der Waals surface area contributed by atoms with Crippen LogP contribution in [0, 0.1) is 0 Å². The van der Waals surface area contributed by atoms with Crippen LogP contribution in [0.15, 0.2) is 70.5 Å². The molecule has 2 aromatic carbocycles. The van der Waals surface area contributed by atoms with Crippen LogP contribution >= 0.6 is 0 Å². The first-order valence-electron chi connectivity index (χ1n) is 12.0. The van der Waals surface area contributed by atoms with Gasteiger partial charge in [-0.05, 0) is 29.5 Å². The Morgan fingerprint density at radius 2 is 1.83 bits per heavy atom. The van der Waals surface area contributed by atoms with Gasteiger partial charge < -0.3 is 14.2 Å². The third kappa shape index (κ3) is 4.26. The van der Waals surface area contributed by atoms with Crippen molar-refractivity contribution in [3.63, 3.8) is 0 Å². The predicted molar refractivity (Wildman–Crippen MR) is 136 cm³/mol. The first kappa shape index (κ1) is 23.7. The number of methoxy groups -OCH3 is 1. The molecule has 36 heavy (non-hydrogen) atoms. The van der Waals surface area contributed by atoms with Gasteiger partial charge in [0.2, 0.25) is 5.91 Å². The number of imidazole rings is 1. The number of aromatic nitrogens is 4.